The highest BCUT2D eigenvalue weighted by atomic mass is 79.9. The van der Waals surface area contributed by atoms with Gasteiger partial charge in [0.1, 0.15) is 0 Å². The van der Waals surface area contributed by atoms with E-state index in [0.717, 1.165) is 4.47 Å². The average molecular weight is 269 g/mol. The number of aliphatic hydroxyl groups is 1. The van der Waals surface area contributed by atoms with E-state index >= 15 is 0 Å². The molecule has 3 atom stereocenters. The van der Waals surface area contributed by atoms with Crippen molar-refractivity contribution in [2.24, 2.45) is 11.3 Å². The van der Waals surface area contributed by atoms with Crippen molar-refractivity contribution in [1.29, 1.82) is 0 Å². The molecular formula is C13H17BrO. The summed E-state index contributed by atoms with van der Waals surface area (Å²) in [5.74, 6) is 0.835. The Kier molecular flexibility index (Phi) is 2.68. The van der Waals surface area contributed by atoms with E-state index in [1.54, 1.807) is 0 Å². The molecule has 2 rings (SSSR count). The maximum absolute atomic E-state index is 9.92. The summed E-state index contributed by atoms with van der Waals surface area (Å²) in [6.07, 6.45) is -0.175. The standard InChI is InChI=1S/C13H17BrO/c1-8-11(13(2,3)12(8)15)9-4-6-10(14)7-5-9/h4-8,11-12,15H,1-3H3. The molecular weight excluding hydrogens is 252 g/mol. The third-order valence-electron chi connectivity index (χ3n) is 3.82. The van der Waals surface area contributed by atoms with E-state index in [-0.39, 0.29) is 11.5 Å². The summed E-state index contributed by atoms with van der Waals surface area (Å²) in [5.41, 5.74) is 1.34. The van der Waals surface area contributed by atoms with Crippen LogP contribution in [-0.4, -0.2) is 11.2 Å². The molecule has 0 bridgehead atoms. The first-order valence-electron chi connectivity index (χ1n) is 5.38. The van der Waals surface area contributed by atoms with Crippen LogP contribution >= 0.6 is 15.9 Å². The Morgan fingerprint density at radius 3 is 2.20 bits per heavy atom. The number of benzene rings is 1. The van der Waals surface area contributed by atoms with Gasteiger partial charge in [-0.05, 0) is 34.9 Å². The monoisotopic (exact) mass is 268 g/mol. The lowest BCUT2D eigenvalue weighted by molar-refractivity contribution is -0.115. The lowest BCUT2D eigenvalue weighted by atomic mass is 9.52. The number of halogens is 1. The van der Waals surface area contributed by atoms with Crippen molar-refractivity contribution in [2.45, 2.75) is 32.8 Å². The number of hydrogen-bond donors (Lipinski definition) is 1. The van der Waals surface area contributed by atoms with Crippen LogP contribution in [0.3, 0.4) is 0 Å². The summed E-state index contributed by atoms with van der Waals surface area (Å²) in [7, 11) is 0. The summed E-state index contributed by atoms with van der Waals surface area (Å²) < 4.78 is 1.11. The van der Waals surface area contributed by atoms with Crippen molar-refractivity contribution in [3.05, 3.63) is 34.3 Å². The van der Waals surface area contributed by atoms with Gasteiger partial charge in [-0.2, -0.15) is 0 Å². The van der Waals surface area contributed by atoms with Crippen LogP contribution in [0.25, 0.3) is 0 Å². The predicted octanol–water partition coefficient (Wildman–Crippen LogP) is 3.57. The van der Waals surface area contributed by atoms with E-state index in [1.165, 1.54) is 5.56 Å². The Labute approximate surface area is 99.6 Å². The summed E-state index contributed by atoms with van der Waals surface area (Å²) in [4.78, 5) is 0. The average Bonchev–Trinajstić information content (AvgIpc) is 2.20. The third-order valence-corrected chi connectivity index (χ3v) is 4.35. The molecule has 0 aromatic heterocycles. The minimum absolute atomic E-state index is 0.00719. The highest BCUT2D eigenvalue weighted by Gasteiger charge is 2.53. The predicted molar refractivity (Wildman–Crippen MR) is 65.8 cm³/mol. The van der Waals surface area contributed by atoms with E-state index < -0.39 is 0 Å². The zero-order valence-corrected chi connectivity index (χ0v) is 11.0. The molecule has 82 valence electrons. The van der Waals surface area contributed by atoms with Gasteiger partial charge in [0.2, 0.25) is 0 Å². The molecule has 0 heterocycles. The molecule has 1 aliphatic carbocycles. The third kappa shape index (κ3) is 1.64. The molecule has 0 aliphatic heterocycles. The molecule has 1 aromatic carbocycles. The van der Waals surface area contributed by atoms with E-state index in [4.69, 9.17) is 0 Å². The van der Waals surface area contributed by atoms with Gasteiger partial charge < -0.3 is 5.11 Å². The Balaban J connectivity index is 2.29. The first-order valence-corrected chi connectivity index (χ1v) is 6.17. The van der Waals surface area contributed by atoms with Gasteiger partial charge in [0.25, 0.3) is 0 Å². The van der Waals surface area contributed by atoms with Crippen molar-refractivity contribution < 1.29 is 5.11 Å². The lowest BCUT2D eigenvalue weighted by Gasteiger charge is -2.55. The summed E-state index contributed by atoms with van der Waals surface area (Å²) in [6.45, 7) is 6.41. The smallest absolute Gasteiger partial charge is 0.0628 e. The molecule has 1 saturated carbocycles. The molecule has 1 fully saturated rings. The molecule has 2 heteroatoms. The fourth-order valence-electron chi connectivity index (χ4n) is 3.01. The van der Waals surface area contributed by atoms with Crippen molar-refractivity contribution >= 4 is 15.9 Å². The largest absolute Gasteiger partial charge is 0.392 e. The Morgan fingerprint density at radius 2 is 1.73 bits per heavy atom. The fourth-order valence-corrected chi connectivity index (χ4v) is 3.27. The summed E-state index contributed by atoms with van der Waals surface area (Å²) in [5, 5.41) is 9.92. The van der Waals surface area contributed by atoms with E-state index in [2.05, 4.69) is 61.0 Å². The van der Waals surface area contributed by atoms with Gasteiger partial charge in [-0.3, -0.25) is 0 Å². The molecule has 0 radical (unpaired) electrons. The van der Waals surface area contributed by atoms with Crippen LogP contribution in [0, 0.1) is 11.3 Å². The molecule has 15 heavy (non-hydrogen) atoms. The first kappa shape index (κ1) is 11.2. The van der Waals surface area contributed by atoms with Crippen molar-refractivity contribution in [3.63, 3.8) is 0 Å². The van der Waals surface area contributed by atoms with Crippen LogP contribution in [0.15, 0.2) is 28.7 Å². The molecule has 3 unspecified atom stereocenters. The highest BCUT2D eigenvalue weighted by molar-refractivity contribution is 9.10. The normalized spacial score (nSPS) is 33.5. The van der Waals surface area contributed by atoms with Gasteiger partial charge in [0.05, 0.1) is 6.10 Å². The van der Waals surface area contributed by atoms with Gasteiger partial charge in [0, 0.05) is 4.47 Å². The Bertz CT molecular complexity index is 355. The van der Waals surface area contributed by atoms with Gasteiger partial charge in [-0.1, -0.05) is 48.8 Å². The quantitative estimate of drug-likeness (QED) is 0.826. The lowest BCUT2D eigenvalue weighted by Crippen LogP contribution is -2.54. The second-order valence-electron chi connectivity index (χ2n) is 5.15. The van der Waals surface area contributed by atoms with Crippen LogP contribution in [0.4, 0.5) is 0 Å². The zero-order chi connectivity index (χ0) is 11.2. The SMILES string of the molecule is CC1C(O)C(C)(C)C1c1ccc(Br)cc1. The highest BCUT2D eigenvalue weighted by Crippen LogP contribution is 2.56. The fraction of sp³-hybridized carbons (Fsp3) is 0.538. The van der Waals surface area contributed by atoms with Crippen LogP contribution in [0.5, 0.6) is 0 Å². The minimum atomic E-state index is -0.175. The Morgan fingerprint density at radius 1 is 1.20 bits per heavy atom. The second kappa shape index (κ2) is 3.60. The van der Waals surface area contributed by atoms with Gasteiger partial charge >= 0.3 is 0 Å². The number of aliphatic hydroxyl groups excluding tert-OH is 1. The van der Waals surface area contributed by atoms with E-state index in [9.17, 15) is 5.11 Å². The second-order valence-corrected chi connectivity index (χ2v) is 6.07. The molecule has 0 spiro atoms. The van der Waals surface area contributed by atoms with Crippen LogP contribution in [0.1, 0.15) is 32.3 Å². The molecule has 1 nitrogen and oxygen atoms in total. The van der Waals surface area contributed by atoms with Gasteiger partial charge in [-0.15, -0.1) is 0 Å². The van der Waals surface area contributed by atoms with Crippen molar-refractivity contribution in [2.75, 3.05) is 0 Å². The summed E-state index contributed by atoms with van der Waals surface area (Å²) >= 11 is 3.44. The molecule has 1 N–H and O–H groups in total. The molecule has 0 amide bonds. The molecule has 0 saturated heterocycles. The van der Waals surface area contributed by atoms with Crippen LogP contribution in [-0.2, 0) is 0 Å². The maximum Gasteiger partial charge on any atom is 0.0628 e. The van der Waals surface area contributed by atoms with Crippen molar-refractivity contribution in [3.8, 4) is 0 Å². The van der Waals surface area contributed by atoms with E-state index in [1.807, 2.05) is 0 Å². The minimum Gasteiger partial charge on any atom is -0.392 e. The van der Waals surface area contributed by atoms with Gasteiger partial charge in [0.15, 0.2) is 0 Å². The first-order chi connectivity index (χ1) is 6.94. The van der Waals surface area contributed by atoms with Crippen LogP contribution < -0.4 is 0 Å². The van der Waals surface area contributed by atoms with E-state index in [0.29, 0.717) is 11.8 Å². The van der Waals surface area contributed by atoms with Crippen LogP contribution in [0.2, 0.25) is 0 Å². The number of rotatable bonds is 1. The van der Waals surface area contributed by atoms with Gasteiger partial charge in [-0.25, -0.2) is 0 Å². The zero-order valence-electron chi connectivity index (χ0n) is 9.37. The molecule has 1 aromatic rings. The number of hydrogen-bond acceptors (Lipinski definition) is 1. The summed E-state index contributed by atoms with van der Waals surface area (Å²) in [6, 6.07) is 8.45. The van der Waals surface area contributed by atoms with Crippen molar-refractivity contribution in [1.82, 2.24) is 0 Å². The topological polar surface area (TPSA) is 20.2 Å². The Hall–Kier alpha value is -0.340. The molecule has 1 aliphatic rings. The maximum atomic E-state index is 9.92.